The molecule has 6 heteroatoms. The van der Waals surface area contributed by atoms with E-state index in [4.69, 9.17) is 9.47 Å². The number of fused-ring (bicyclic) bond motifs is 2. The first-order valence-corrected chi connectivity index (χ1v) is 8.84. The van der Waals surface area contributed by atoms with E-state index in [9.17, 15) is 5.11 Å². The Kier molecular flexibility index (Phi) is 3.55. The van der Waals surface area contributed by atoms with Crippen LogP contribution in [0.1, 0.15) is 5.56 Å². The summed E-state index contributed by atoms with van der Waals surface area (Å²) in [5.41, 5.74) is 3.60. The predicted molar refractivity (Wildman–Crippen MR) is 102 cm³/mol. The van der Waals surface area contributed by atoms with Gasteiger partial charge in [0.2, 0.25) is 0 Å². The number of ether oxygens (including phenoxy) is 2. The van der Waals surface area contributed by atoms with Gasteiger partial charge in [0.1, 0.15) is 17.1 Å². The molecular formula is C20H21N3O3. The molecule has 0 saturated carbocycles. The molecule has 0 atom stereocenters. The van der Waals surface area contributed by atoms with Crippen molar-refractivity contribution in [2.45, 2.75) is 5.60 Å². The van der Waals surface area contributed by atoms with Crippen molar-refractivity contribution in [1.29, 1.82) is 0 Å². The zero-order valence-corrected chi connectivity index (χ0v) is 14.4. The Hall–Kier alpha value is -2.70. The van der Waals surface area contributed by atoms with E-state index in [0.29, 0.717) is 26.4 Å². The summed E-state index contributed by atoms with van der Waals surface area (Å²) < 4.78 is 11.2. The summed E-state index contributed by atoms with van der Waals surface area (Å²) in [5.74, 6) is 1.59. The molecule has 6 nitrogen and oxygen atoms in total. The van der Waals surface area contributed by atoms with Crippen LogP contribution in [-0.4, -0.2) is 43.7 Å². The Balaban J connectivity index is 1.37. The number of anilines is 3. The molecule has 3 N–H and O–H groups in total. The third-order valence-electron chi connectivity index (χ3n) is 4.96. The molecule has 0 aliphatic carbocycles. The summed E-state index contributed by atoms with van der Waals surface area (Å²) in [5, 5.41) is 17.1. The molecule has 2 aromatic carbocycles. The number of nitrogens with zero attached hydrogens (tertiary/aromatic N) is 1. The predicted octanol–water partition coefficient (Wildman–Crippen LogP) is 2.87. The standard InChI is InChI=1S/C20H21N3O3/c24-20(11-25-12-20)10-23-13-22-18-6-4-16(9-19(18)23)26-15-3-5-17-14(8-15)2-1-7-21-17/h1-6,8-9,21-22,24H,7,10-13H2. The van der Waals surface area contributed by atoms with E-state index < -0.39 is 5.60 Å². The van der Waals surface area contributed by atoms with Gasteiger partial charge in [-0.3, -0.25) is 0 Å². The van der Waals surface area contributed by atoms with Crippen LogP contribution in [-0.2, 0) is 4.74 Å². The zero-order valence-electron chi connectivity index (χ0n) is 14.4. The van der Waals surface area contributed by atoms with E-state index >= 15 is 0 Å². The fourth-order valence-corrected chi connectivity index (χ4v) is 3.57. The highest BCUT2D eigenvalue weighted by molar-refractivity contribution is 5.77. The largest absolute Gasteiger partial charge is 0.457 e. The molecule has 0 radical (unpaired) electrons. The Bertz CT molecular complexity index is 877. The maximum Gasteiger partial charge on any atom is 0.129 e. The second kappa shape index (κ2) is 5.93. The molecule has 3 aliphatic rings. The summed E-state index contributed by atoms with van der Waals surface area (Å²) in [7, 11) is 0. The van der Waals surface area contributed by atoms with E-state index in [-0.39, 0.29) is 0 Å². The van der Waals surface area contributed by atoms with Crippen LogP contribution in [0, 0.1) is 0 Å². The Morgan fingerprint density at radius 1 is 1.08 bits per heavy atom. The lowest BCUT2D eigenvalue weighted by molar-refractivity contribution is -0.171. The lowest BCUT2D eigenvalue weighted by atomic mass is 10.0. The monoisotopic (exact) mass is 351 g/mol. The summed E-state index contributed by atoms with van der Waals surface area (Å²) >= 11 is 0. The lowest BCUT2D eigenvalue weighted by Crippen LogP contribution is -2.57. The number of nitrogens with one attached hydrogen (secondary N) is 2. The van der Waals surface area contributed by atoms with Crippen LogP contribution in [0.3, 0.4) is 0 Å². The highest BCUT2D eigenvalue weighted by atomic mass is 16.5. The van der Waals surface area contributed by atoms with Crippen molar-refractivity contribution in [3.05, 3.63) is 48.0 Å². The first kappa shape index (κ1) is 15.5. The van der Waals surface area contributed by atoms with Gasteiger partial charge >= 0.3 is 0 Å². The fourth-order valence-electron chi connectivity index (χ4n) is 3.57. The van der Waals surface area contributed by atoms with Crippen molar-refractivity contribution in [2.24, 2.45) is 0 Å². The number of β-amino-alcohol motifs (C(OH)–C–C–N with tert-alkyl or cyclic N) is 1. The van der Waals surface area contributed by atoms with E-state index in [2.05, 4.69) is 27.7 Å². The van der Waals surface area contributed by atoms with Gasteiger partial charge in [0, 0.05) is 23.9 Å². The van der Waals surface area contributed by atoms with Gasteiger partial charge in [-0.2, -0.15) is 0 Å². The number of hydrogen-bond donors (Lipinski definition) is 3. The molecule has 0 bridgehead atoms. The van der Waals surface area contributed by atoms with Crippen molar-refractivity contribution in [3.63, 3.8) is 0 Å². The van der Waals surface area contributed by atoms with Crippen LogP contribution < -0.4 is 20.3 Å². The molecule has 1 fully saturated rings. The normalized spacial score (nSPS) is 19.0. The lowest BCUT2D eigenvalue weighted by Gasteiger charge is -2.39. The molecule has 0 aromatic heterocycles. The second-order valence-corrected chi connectivity index (χ2v) is 7.06. The molecular weight excluding hydrogens is 330 g/mol. The average molecular weight is 351 g/mol. The van der Waals surface area contributed by atoms with Crippen molar-refractivity contribution < 1.29 is 14.6 Å². The topological polar surface area (TPSA) is 66.0 Å². The number of benzene rings is 2. The van der Waals surface area contributed by atoms with Gasteiger partial charge in [0.25, 0.3) is 0 Å². The first-order valence-electron chi connectivity index (χ1n) is 8.84. The molecule has 5 rings (SSSR count). The van der Waals surface area contributed by atoms with E-state index in [1.807, 2.05) is 36.4 Å². The smallest absolute Gasteiger partial charge is 0.129 e. The maximum absolute atomic E-state index is 10.4. The van der Waals surface area contributed by atoms with Gasteiger partial charge in [-0.05, 0) is 30.3 Å². The van der Waals surface area contributed by atoms with Gasteiger partial charge < -0.3 is 30.1 Å². The minimum absolute atomic E-state index is 0.395. The van der Waals surface area contributed by atoms with Crippen LogP contribution in [0.5, 0.6) is 11.5 Å². The Morgan fingerprint density at radius 3 is 2.69 bits per heavy atom. The molecule has 3 aliphatic heterocycles. The quantitative estimate of drug-likeness (QED) is 0.787. The maximum atomic E-state index is 10.4. The van der Waals surface area contributed by atoms with Crippen molar-refractivity contribution in [3.8, 4) is 11.5 Å². The highest BCUT2D eigenvalue weighted by Gasteiger charge is 2.39. The van der Waals surface area contributed by atoms with Gasteiger partial charge in [0.05, 0.1) is 37.8 Å². The number of rotatable bonds is 4. The van der Waals surface area contributed by atoms with Crippen LogP contribution in [0.2, 0.25) is 0 Å². The summed E-state index contributed by atoms with van der Waals surface area (Å²) in [6, 6.07) is 12.1. The third kappa shape index (κ3) is 2.77. The van der Waals surface area contributed by atoms with Crippen molar-refractivity contribution >= 4 is 23.1 Å². The summed E-state index contributed by atoms with van der Waals surface area (Å²) in [6.07, 6.45) is 4.20. The summed E-state index contributed by atoms with van der Waals surface area (Å²) in [6.45, 7) is 2.87. The van der Waals surface area contributed by atoms with E-state index in [1.165, 1.54) is 0 Å². The van der Waals surface area contributed by atoms with Crippen LogP contribution in [0.25, 0.3) is 6.08 Å². The molecule has 3 heterocycles. The third-order valence-corrected chi connectivity index (χ3v) is 4.96. The van der Waals surface area contributed by atoms with Gasteiger partial charge in [0.15, 0.2) is 0 Å². The first-order chi connectivity index (χ1) is 12.7. The molecule has 0 spiro atoms. The Labute approximate surface area is 152 Å². The van der Waals surface area contributed by atoms with Gasteiger partial charge in [-0.25, -0.2) is 0 Å². The van der Waals surface area contributed by atoms with Gasteiger partial charge in [-0.15, -0.1) is 0 Å². The molecule has 134 valence electrons. The van der Waals surface area contributed by atoms with Crippen molar-refractivity contribution in [2.75, 3.05) is 48.5 Å². The zero-order chi connectivity index (χ0) is 17.6. The second-order valence-electron chi connectivity index (χ2n) is 7.06. The summed E-state index contributed by atoms with van der Waals surface area (Å²) in [4.78, 5) is 2.13. The number of hydrogen-bond acceptors (Lipinski definition) is 6. The van der Waals surface area contributed by atoms with Crippen LogP contribution in [0.4, 0.5) is 17.1 Å². The van der Waals surface area contributed by atoms with E-state index in [1.54, 1.807) is 0 Å². The average Bonchev–Trinajstić information content (AvgIpc) is 3.02. The highest BCUT2D eigenvalue weighted by Crippen LogP contribution is 2.38. The van der Waals surface area contributed by atoms with E-state index in [0.717, 1.165) is 40.7 Å². The molecule has 0 amide bonds. The SMILES string of the molecule is OC1(CN2CNc3ccc(Oc4ccc5c(c4)C=CCN5)cc32)COC1. The minimum Gasteiger partial charge on any atom is -0.457 e. The molecule has 0 unspecified atom stereocenters. The van der Waals surface area contributed by atoms with Gasteiger partial charge in [-0.1, -0.05) is 12.2 Å². The molecule has 2 aromatic rings. The Morgan fingerprint density at radius 2 is 1.88 bits per heavy atom. The number of aliphatic hydroxyl groups is 1. The van der Waals surface area contributed by atoms with Crippen LogP contribution >= 0.6 is 0 Å². The van der Waals surface area contributed by atoms with Crippen molar-refractivity contribution in [1.82, 2.24) is 0 Å². The molecule has 26 heavy (non-hydrogen) atoms. The molecule has 1 saturated heterocycles. The minimum atomic E-state index is -0.752. The van der Waals surface area contributed by atoms with Crippen LogP contribution in [0.15, 0.2) is 42.5 Å². The fraction of sp³-hybridized carbons (Fsp3) is 0.300.